The summed E-state index contributed by atoms with van der Waals surface area (Å²) in [5.41, 5.74) is -1.36. The fourth-order valence-corrected chi connectivity index (χ4v) is 2.73. The highest BCUT2D eigenvalue weighted by atomic mass is 19.1. The molecule has 1 aromatic carbocycles. The molecule has 0 atom stereocenters. The van der Waals surface area contributed by atoms with E-state index in [9.17, 15) is 24.4 Å². The minimum atomic E-state index is -1.22. The lowest BCUT2D eigenvalue weighted by Gasteiger charge is -2.34. The molecule has 2 N–H and O–H groups in total. The third kappa shape index (κ3) is 2.96. The predicted molar refractivity (Wildman–Crippen MR) is 74.9 cm³/mol. The van der Waals surface area contributed by atoms with Gasteiger partial charge >= 0.3 is 5.97 Å². The molecule has 1 aliphatic carbocycles. The molecule has 0 unspecified atom stereocenters. The van der Waals surface area contributed by atoms with Crippen LogP contribution in [0.1, 0.15) is 37.7 Å². The highest BCUT2D eigenvalue weighted by Crippen LogP contribution is 2.36. The van der Waals surface area contributed by atoms with E-state index in [2.05, 4.69) is 5.32 Å². The van der Waals surface area contributed by atoms with Crippen molar-refractivity contribution in [1.82, 2.24) is 0 Å². The average molecular weight is 296 g/mol. The zero-order valence-electron chi connectivity index (χ0n) is 11.7. The summed E-state index contributed by atoms with van der Waals surface area (Å²) in [5.74, 6) is -1.71. The summed E-state index contributed by atoms with van der Waals surface area (Å²) in [6, 6.07) is 2.13. The standard InChI is InChI=1S/C14H17FN2O4/c1-9-7-11(12(17(20)21)8-10(9)15)16-14(13(18)19)5-3-2-4-6-14/h7-8,16H,2-6H2,1H3,(H,18,19). The first-order chi connectivity index (χ1) is 9.85. The van der Waals surface area contributed by atoms with Crippen molar-refractivity contribution >= 4 is 17.3 Å². The van der Waals surface area contributed by atoms with E-state index >= 15 is 0 Å². The minimum Gasteiger partial charge on any atom is -0.480 e. The van der Waals surface area contributed by atoms with E-state index in [0.29, 0.717) is 12.8 Å². The molecule has 21 heavy (non-hydrogen) atoms. The summed E-state index contributed by atoms with van der Waals surface area (Å²) in [6.45, 7) is 1.48. The molecule has 1 aliphatic rings. The van der Waals surface area contributed by atoms with Crippen LogP contribution < -0.4 is 5.32 Å². The molecular formula is C14H17FN2O4. The Hall–Kier alpha value is -2.18. The number of rotatable bonds is 4. The third-order valence-corrected chi connectivity index (χ3v) is 3.96. The maximum atomic E-state index is 13.5. The van der Waals surface area contributed by atoms with Crippen molar-refractivity contribution in [1.29, 1.82) is 0 Å². The summed E-state index contributed by atoms with van der Waals surface area (Å²) in [6.07, 6.45) is 3.23. The topological polar surface area (TPSA) is 92.5 Å². The molecule has 1 aromatic rings. The second-order valence-corrected chi connectivity index (χ2v) is 5.45. The van der Waals surface area contributed by atoms with E-state index in [1.54, 1.807) is 0 Å². The molecule has 0 aliphatic heterocycles. The van der Waals surface area contributed by atoms with Crippen LogP contribution in [0.2, 0.25) is 0 Å². The van der Waals surface area contributed by atoms with Gasteiger partial charge in [0.25, 0.3) is 5.69 Å². The Bertz CT molecular complexity index is 583. The Morgan fingerprint density at radius 1 is 1.38 bits per heavy atom. The number of nitrogens with one attached hydrogen (secondary N) is 1. The van der Waals surface area contributed by atoms with E-state index in [1.165, 1.54) is 13.0 Å². The first kappa shape index (κ1) is 15.2. The molecule has 0 spiro atoms. The smallest absolute Gasteiger partial charge is 0.329 e. The molecule has 0 bridgehead atoms. The number of carbonyl (C=O) groups is 1. The van der Waals surface area contributed by atoms with Gasteiger partial charge in [-0.1, -0.05) is 19.3 Å². The number of hydrogen-bond acceptors (Lipinski definition) is 4. The number of benzene rings is 1. The molecular weight excluding hydrogens is 279 g/mol. The van der Waals surface area contributed by atoms with Gasteiger partial charge in [0.2, 0.25) is 0 Å². The SMILES string of the molecule is Cc1cc(NC2(C(=O)O)CCCCC2)c([N+](=O)[O-])cc1F. The number of aryl methyl sites for hydroxylation is 1. The van der Waals surface area contributed by atoms with Crippen molar-refractivity contribution in [3.8, 4) is 0 Å². The molecule has 0 amide bonds. The highest BCUT2D eigenvalue weighted by Gasteiger charge is 2.41. The van der Waals surface area contributed by atoms with Crippen molar-refractivity contribution < 1.29 is 19.2 Å². The zero-order chi connectivity index (χ0) is 15.6. The first-order valence-electron chi connectivity index (χ1n) is 6.82. The van der Waals surface area contributed by atoms with Gasteiger partial charge in [-0.3, -0.25) is 10.1 Å². The predicted octanol–water partition coefficient (Wildman–Crippen LogP) is 3.24. The number of hydrogen-bond donors (Lipinski definition) is 2. The van der Waals surface area contributed by atoms with E-state index in [-0.39, 0.29) is 11.3 Å². The fraction of sp³-hybridized carbons (Fsp3) is 0.500. The van der Waals surface area contributed by atoms with Crippen LogP contribution in [0.4, 0.5) is 15.8 Å². The van der Waals surface area contributed by atoms with Crippen LogP contribution in [0.15, 0.2) is 12.1 Å². The second-order valence-electron chi connectivity index (χ2n) is 5.45. The number of nitro groups is 1. The summed E-state index contributed by atoms with van der Waals surface area (Å²) in [4.78, 5) is 22.0. The number of anilines is 1. The average Bonchev–Trinajstić information content (AvgIpc) is 2.43. The summed E-state index contributed by atoms with van der Waals surface area (Å²) in [5, 5.41) is 23.4. The monoisotopic (exact) mass is 296 g/mol. The lowest BCUT2D eigenvalue weighted by atomic mass is 9.81. The van der Waals surface area contributed by atoms with Gasteiger partial charge in [-0.15, -0.1) is 0 Å². The zero-order valence-corrected chi connectivity index (χ0v) is 11.7. The molecule has 1 fully saturated rings. The van der Waals surface area contributed by atoms with Gasteiger partial charge in [-0.25, -0.2) is 9.18 Å². The molecule has 7 heteroatoms. The van der Waals surface area contributed by atoms with Crippen molar-refractivity contribution in [2.24, 2.45) is 0 Å². The number of carboxylic acid groups (broad SMARTS) is 1. The van der Waals surface area contributed by atoms with Crippen molar-refractivity contribution in [3.05, 3.63) is 33.6 Å². The van der Waals surface area contributed by atoms with Gasteiger partial charge < -0.3 is 10.4 Å². The van der Waals surface area contributed by atoms with Crippen LogP contribution in [-0.2, 0) is 4.79 Å². The van der Waals surface area contributed by atoms with Gasteiger partial charge in [-0.05, 0) is 31.4 Å². The quantitative estimate of drug-likeness (QED) is 0.657. The van der Waals surface area contributed by atoms with Crippen LogP contribution in [0.25, 0.3) is 0 Å². The Morgan fingerprint density at radius 2 is 2.00 bits per heavy atom. The first-order valence-corrected chi connectivity index (χ1v) is 6.82. The Labute approximate surface area is 121 Å². The highest BCUT2D eigenvalue weighted by molar-refractivity contribution is 5.84. The Morgan fingerprint density at radius 3 is 2.52 bits per heavy atom. The molecule has 1 saturated carbocycles. The molecule has 0 radical (unpaired) electrons. The summed E-state index contributed by atoms with van der Waals surface area (Å²) in [7, 11) is 0. The van der Waals surface area contributed by atoms with E-state index in [4.69, 9.17) is 0 Å². The van der Waals surface area contributed by atoms with Crippen LogP contribution in [0, 0.1) is 22.9 Å². The minimum absolute atomic E-state index is 0.0585. The molecule has 2 rings (SSSR count). The number of carboxylic acids is 1. The van der Waals surface area contributed by atoms with Gasteiger partial charge in [-0.2, -0.15) is 0 Å². The fourth-order valence-electron chi connectivity index (χ4n) is 2.73. The van der Waals surface area contributed by atoms with Crippen LogP contribution in [0.3, 0.4) is 0 Å². The number of aliphatic carboxylic acids is 1. The van der Waals surface area contributed by atoms with Crippen molar-refractivity contribution in [3.63, 3.8) is 0 Å². The summed E-state index contributed by atoms with van der Waals surface area (Å²) >= 11 is 0. The van der Waals surface area contributed by atoms with Gasteiger partial charge in [0, 0.05) is 0 Å². The molecule has 0 heterocycles. The van der Waals surface area contributed by atoms with Crippen LogP contribution >= 0.6 is 0 Å². The maximum Gasteiger partial charge on any atom is 0.329 e. The van der Waals surface area contributed by atoms with Gasteiger partial charge in [0.1, 0.15) is 17.0 Å². The normalized spacial score (nSPS) is 17.2. The Balaban J connectivity index is 2.43. The van der Waals surface area contributed by atoms with Crippen LogP contribution in [0.5, 0.6) is 0 Å². The molecule has 0 saturated heterocycles. The van der Waals surface area contributed by atoms with Crippen LogP contribution in [-0.4, -0.2) is 21.5 Å². The lowest BCUT2D eigenvalue weighted by molar-refractivity contribution is -0.384. The van der Waals surface area contributed by atoms with E-state index < -0.39 is 27.9 Å². The maximum absolute atomic E-state index is 13.5. The molecule has 6 nitrogen and oxygen atoms in total. The largest absolute Gasteiger partial charge is 0.480 e. The molecule has 114 valence electrons. The lowest BCUT2D eigenvalue weighted by Crippen LogP contribution is -2.48. The third-order valence-electron chi connectivity index (χ3n) is 3.96. The van der Waals surface area contributed by atoms with E-state index in [1.807, 2.05) is 0 Å². The number of nitrogens with zero attached hydrogens (tertiary/aromatic N) is 1. The number of nitro benzene ring substituents is 1. The summed E-state index contributed by atoms with van der Waals surface area (Å²) < 4.78 is 13.5. The van der Waals surface area contributed by atoms with Crippen molar-refractivity contribution in [2.75, 3.05) is 5.32 Å². The Kier molecular flexibility index (Phi) is 4.11. The van der Waals surface area contributed by atoms with Gasteiger partial charge in [0.15, 0.2) is 0 Å². The molecule has 0 aromatic heterocycles. The second kappa shape index (κ2) is 5.67. The van der Waals surface area contributed by atoms with Gasteiger partial charge in [0.05, 0.1) is 11.0 Å². The number of halogens is 1. The van der Waals surface area contributed by atoms with E-state index in [0.717, 1.165) is 25.3 Å². The van der Waals surface area contributed by atoms with Crippen molar-refractivity contribution in [2.45, 2.75) is 44.6 Å².